The Balaban J connectivity index is 1.56. The van der Waals surface area contributed by atoms with Gasteiger partial charge in [0, 0.05) is 16.8 Å². The van der Waals surface area contributed by atoms with Gasteiger partial charge in [-0.25, -0.2) is 4.98 Å². The van der Waals surface area contributed by atoms with Gasteiger partial charge in [0.15, 0.2) is 10.2 Å². The second-order valence-corrected chi connectivity index (χ2v) is 7.91. The van der Waals surface area contributed by atoms with E-state index >= 15 is 0 Å². The second-order valence-electron chi connectivity index (χ2n) is 6.44. The highest BCUT2D eigenvalue weighted by molar-refractivity contribution is 7.80. The van der Waals surface area contributed by atoms with Gasteiger partial charge in [0.05, 0.1) is 0 Å². The first-order valence-electron chi connectivity index (χ1n) is 9.07. The first-order chi connectivity index (χ1) is 12.3. The molecule has 0 atom stereocenters. The number of aromatic nitrogens is 1. The van der Waals surface area contributed by atoms with E-state index in [1.165, 1.54) is 49.8 Å². The highest BCUT2D eigenvalue weighted by Crippen LogP contribution is 2.35. The van der Waals surface area contributed by atoms with Crippen LogP contribution < -0.4 is 10.6 Å². The van der Waals surface area contributed by atoms with Gasteiger partial charge in [-0.05, 0) is 43.1 Å². The Hall–Kier alpha value is -1.72. The lowest BCUT2D eigenvalue weighted by molar-refractivity contribution is 0.459. The van der Waals surface area contributed by atoms with E-state index in [4.69, 9.17) is 12.2 Å². The zero-order valence-electron chi connectivity index (χ0n) is 14.4. The minimum atomic E-state index is 0.576. The standard InChI is InChI=1S/C20H25N3S2/c24-19(22-17-13-9-5-2-6-10-14-17)23-20-21-15-18(25-20)16-11-7-3-1-4-8-12-16/h2,5-6,9-10,13-16H,1,3-4,7-8,11-12H2,(H2,21,22,23,24)/b5-2-,6-2?,9-5?,10-6-,13-9?,14-10?,17-13?,17-14?. The molecule has 0 saturated heterocycles. The van der Waals surface area contributed by atoms with Gasteiger partial charge in [0.1, 0.15) is 0 Å². The van der Waals surface area contributed by atoms with E-state index < -0.39 is 0 Å². The van der Waals surface area contributed by atoms with Crippen molar-refractivity contribution in [2.45, 2.75) is 50.9 Å². The molecule has 132 valence electrons. The molecule has 0 aliphatic heterocycles. The van der Waals surface area contributed by atoms with Gasteiger partial charge in [-0.1, -0.05) is 62.5 Å². The number of allylic oxidation sites excluding steroid dienone is 7. The van der Waals surface area contributed by atoms with Crippen LogP contribution >= 0.6 is 23.6 Å². The Labute approximate surface area is 159 Å². The second kappa shape index (κ2) is 9.68. The van der Waals surface area contributed by atoms with Crippen LogP contribution in [0.4, 0.5) is 5.13 Å². The van der Waals surface area contributed by atoms with Crippen LogP contribution in [0.25, 0.3) is 0 Å². The highest BCUT2D eigenvalue weighted by atomic mass is 32.1. The van der Waals surface area contributed by atoms with E-state index in [2.05, 4.69) is 15.6 Å². The summed E-state index contributed by atoms with van der Waals surface area (Å²) in [6.07, 6.45) is 25.4. The van der Waals surface area contributed by atoms with Gasteiger partial charge in [0.2, 0.25) is 0 Å². The van der Waals surface area contributed by atoms with Crippen molar-refractivity contribution in [1.29, 1.82) is 0 Å². The molecule has 3 rings (SSSR count). The molecule has 2 N–H and O–H groups in total. The highest BCUT2D eigenvalue weighted by Gasteiger charge is 2.16. The summed E-state index contributed by atoms with van der Waals surface area (Å²) in [5, 5.41) is 7.89. The number of nitrogens with one attached hydrogen (secondary N) is 2. The molecule has 1 saturated carbocycles. The monoisotopic (exact) mass is 371 g/mol. The SMILES string of the molecule is S=C(NC1=C/C=C\C=C/C=C1)Nc1ncc(C2CCCCCCC2)s1. The van der Waals surface area contributed by atoms with Crippen molar-refractivity contribution in [2.24, 2.45) is 0 Å². The third kappa shape index (κ3) is 5.94. The van der Waals surface area contributed by atoms with Crippen LogP contribution in [0.15, 0.2) is 54.4 Å². The lowest BCUT2D eigenvalue weighted by atomic mass is 9.90. The van der Waals surface area contributed by atoms with Crippen molar-refractivity contribution in [3.05, 3.63) is 59.3 Å². The molecule has 2 aliphatic rings. The molecule has 1 aromatic rings. The maximum absolute atomic E-state index is 5.43. The summed E-state index contributed by atoms with van der Waals surface area (Å²) in [7, 11) is 0. The summed E-state index contributed by atoms with van der Waals surface area (Å²) < 4.78 is 0. The van der Waals surface area contributed by atoms with Crippen molar-refractivity contribution < 1.29 is 0 Å². The van der Waals surface area contributed by atoms with E-state index in [1.807, 2.05) is 48.7 Å². The van der Waals surface area contributed by atoms with Gasteiger partial charge in [0.25, 0.3) is 0 Å². The van der Waals surface area contributed by atoms with Crippen LogP contribution in [-0.2, 0) is 0 Å². The maximum Gasteiger partial charge on any atom is 0.189 e. The van der Waals surface area contributed by atoms with Crippen LogP contribution in [0.5, 0.6) is 0 Å². The number of hydrogen-bond donors (Lipinski definition) is 2. The number of thiazole rings is 1. The largest absolute Gasteiger partial charge is 0.332 e. The third-order valence-electron chi connectivity index (χ3n) is 4.51. The molecule has 5 heteroatoms. The molecule has 1 fully saturated rings. The smallest absolute Gasteiger partial charge is 0.189 e. The van der Waals surface area contributed by atoms with Crippen molar-refractivity contribution >= 4 is 33.8 Å². The average Bonchev–Trinajstić information content (AvgIpc) is 2.97. The fourth-order valence-electron chi connectivity index (χ4n) is 3.18. The Morgan fingerprint density at radius 1 is 0.960 bits per heavy atom. The molecule has 0 unspecified atom stereocenters. The van der Waals surface area contributed by atoms with Gasteiger partial charge >= 0.3 is 0 Å². The topological polar surface area (TPSA) is 37.0 Å². The Bertz CT molecular complexity index is 690. The summed E-state index contributed by atoms with van der Waals surface area (Å²) in [6.45, 7) is 0. The van der Waals surface area contributed by atoms with Crippen LogP contribution in [0.2, 0.25) is 0 Å². The summed E-state index contributed by atoms with van der Waals surface area (Å²) >= 11 is 7.17. The van der Waals surface area contributed by atoms with Gasteiger partial charge in [-0.2, -0.15) is 0 Å². The summed E-state index contributed by atoms with van der Waals surface area (Å²) in [4.78, 5) is 5.92. The van der Waals surface area contributed by atoms with E-state index in [9.17, 15) is 0 Å². The van der Waals surface area contributed by atoms with Gasteiger partial charge in [-0.15, -0.1) is 11.3 Å². The fraction of sp³-hybridized carbons (Fsp3) is 0.400. The van der Waals surface area contributed by atoms with Crippen molar-refractivity contribution in [1.82, 2.24) is 10.3 Å². The molecule has 1 heterocycles. The first kappa shape index (κ1) is 18.1. The number of nitrogens with zero attached hydrogens (tertiary/aromatic N) is 1. The first-order valence-corrected chi connectivity index (χ1v) is 10.3. The minimum Gasteiger partial charge on any atom is -0.332 e. The number of rotatable bonds is 3. The Morgan fingerprint density at radius 3 is 2.52 bits per heavy atom. The zero-order chi connectivity index (χ0) is 17.3. The summed E-state index contributed by atoms with van der Waals surface area (Å²) in [6, 6.07) is 0. The number of hydrogen-bond acceptors (Lipinski definition) is 3. The lowest BCUT2D eigenvalue weighted by Gasteiger charge is -2.17. The van der Waals surface area contributed by atoms with Crippen LogP contribution in [-0.4, -0.2) is 10.1 Å². The molecule has 0 amide bonds. The molecule has 0 aromatic carbocycles. The van der Waals surface area contributed by atoms with E-state index in [0.29, 0.717) is 11.0 Å². The summed E-state index contributed by atoms with van der Waals surface area (Å²) in [5.74, 6) is 0.669. The Kier molecular flexibility index (Phi) is 7.00. The van der Waals surface area contributed by atoms with Crippen LogP contribution in [0, 0.1) is 0 Å². The Morgan fingerprint density at radius 2 is 1.68 bits per heavy atom. The maximum atomic E-state index is 5.43. The molecule has 3 nitrogen and oxygen atoms in total. The molecule has 0 spiro atoms. The van der Waals surface area contributed by atoms with E-state index in [1.54, 1.807) is 11.3 Å². The minimum absolute atomic E-state index is 0.576. The number of anilines is 1. The van der Waals surface area contributed by atoms with Crippen molar-refractivity contribution in [3.8, 4) is 0 Å². The molecular weight excluding hydrogens is 346 g/mol. The predicted octanol–water partition coefficient (Wildman–Crippen LogP) is 5.82. The third-order valence-corrected chi connectivity index (χ3v) is 5.78. The fourth-order valence-corrected chi connectivity index (χ4v) is 4.45. The zero-order valence-corrected chi connectivity index (χ0v) is 16.0. The molecule has 0 bridgehead atoms. The van der Waals surface area contributed by atoms with Crippen LogP contribution in [0.3, 0.4) is 0 Å². The van der Waals surface area contributed by atoms with E-state index in [0.717, 1.165) is 10.8 Å². The lowest BCUT2D eigenvalue weighted by Crippen LogP contribution is -2.27. The molecule has 2 aliphatic carbocycles. The predicted molar refractivity (Wildman–Crippen MR) is 112 cm³/mol. The molecular formula is C20H25N3S2. The van der Waals surface area contributed by atoms with Crippen LogP contribution in [0.1, 0.15) is 55.7 Å². The number of thiocarbonyl (C=S) groups is 1. The van der Waals surface area contributed by atoms with Gasteiger partial charge in [-0.3, -0.25) is 0 Å². The molecule has 1 aromatic heterocycles. The van der Waals surface area contributed by atoms with Crippen molar-refractivity contribution in [2.75, 3.05) is 5.32 Å². The quantitative estimate of drug-likeness (QED) is 0.656. The van der Waals surface area contributed by atoms with Crippen molar-refractivity contribution in [3.63, 3.8) is 0 Å². The van der Waals surface area contributed by atoms with Gasteiger partial charge < -0.3 is 10.6 Å². The summed E-state index contributed by atoms with van der Waals surface area (Å²) in [5.41, 5.74) is 0.954. The van der Waals surface area contributed by atoms with E-state index in [-0.39, 0.29) is 0 Å². The molecule has 25 heavy (non-hydrogen) atoms. The average molecular weight is 372 g/mol. The normalized spacial score (nSPS) is 21.2. The molecule has 0 radical (unpaired) electrons.